The lowest BCUT2D eigenvalue weighted by molar-refractivity contribution is -0.114. The third-order valence-electron chi connectivity index (χ3n) is 1.59. The van der Waals surface area contributed by atoms with Gasteiger partial charge in [-0.05, 0) is 12.1 Å². The minimum Gasteiger partial charge on any atom is -0.478 e. The average Bonchev–Trinajstić information content (AvgIpc) is 2.08. The number of hydrogen-bond acceptors (Lipinski definition) is 2. The van der Waals surface area contributed by atoms with Crippen LogP contribution in [0.1, 0.15) is 17.3 Å². The fraction of sp³-hybridized carbons (Fsp3) is 0.111. The molecule has 0 unspecified atom stereocenters. The molecule has 0 saturated heterocycles. The van der Waals surface area contributed by atoms with Crippen LogP contribution in [0.25, 0.3) is 0 Å². The second-order valence-corrected chi connectivity index (χ2v) is 3.64. The summed E-state index contributed by atoms with van der Waals surface area (Å²) in [4.78, 5) is 21.7. The van der Waals surface area contributed by atoms with Crippen molar-refractivity contribution in [1.29, 1.82) is 0 Å². The summed E-state index contributed by atoms with van der Waals surface area (Å²) in [6.45, 7) is 1.26. The average molecular weight is 248 g/mol. The summed E-state index contributed by atoms with van der Waals surface area (Å²) in [5.74, 6) is -1.61. The molecule has 0 spiro atoms. The molecule has 0 atom stereocenters. The van der Waals surface area contributed by atoms with Crippen LogP contribution in [0.15, 0.2) is 12.1 Å². The molecule has 0 aromatic heterocycles. The number of carboxylic acids is 1. The van der Waals surface area contributed by atoms with Gasteiger partial charge in [0.05, 0.1) is 16.3 Å². The Kier molecular flexibility index (Phi) is 3.55. The number of amides is 1. The summed E-state index contributed by atoms with van der Waals surface area (Å²) in [7, 11) is 0. The molecule has 1 aromatic rings. The van der Waals surface area contributed by atoms with E-state index in [0.717, 1.165) is 0 Å². The molecule has 0 saturated carbocycles. The summed E-state index contributed by atoms with van der Waals surface area (Å²) in [6, 6.07) is 2.59. The van der Waals surface area contributed by atoms with Gasteiger partial charge >= 0.3 is 5.97 Å². The Bertz CT molecular complexity index is 432. The standard InChI is InChI=1S/C9H7Cl2NO3/c1-4(13)12-8-6(9(14)15)2-5(10)3-7(8)11/h2-3H,1H3,(H,12,13)(H,14,15). The summed E-state index contributed by atoms with van der Waals surface area (Å²) in [5, 5.41) is 11.5. The van der Waals surface area contributed by atoms with Crippen molar-refractivity contribution >= 4 is 40.8 Å². The number of halogens is 2. The van der Waals surface area contributed by atoms with Crippen LogP contribution >= 0.6 is 23.2 Å². The van der Waals surface area contributed by atoms with E-state index in [1.54, 1.807) is 0 Å². The molecule has 0 heterocycles. The van der Waals surface area contributed by atoms with Gasteiger partial charge in [-0.1, -0.05) is 23.2 Å². The highest BCUT2D eigenvalue weighted by Crippen LogP contribution is 2.30. The quantitative estimate of drug-likeness (QED) is 0.845. The highest BCUT2D eigenvalue weighted by molar-refractivity contribution is 6.37. The summed E-state index contributed by atoms with van der Waals surface area (Å²) in [5.41, 5.74) is -0.0798. The first-order valence-corrected chi connectivity index (χ1v) is 4.67. The van der Waals surface area contributed by atoms with Crippen LogP contribution in [0.2, 0.25) is 10.0 Å². The topological polar surface area (TPSA) is 66.4 Å². The van der Waals surface area contributed by atoms with Crippen molar-refractivity contribution in [1.82, 2.24) is 0 Å². The van der Waals surface area contributed by atoms with E-state index in [1.807, 2.05) is 0 Å². The van der Waals surface area contributed by atoms with Crippen LogP contribution in [0, 0.1) is 0 Å². The molecule has 1 aromatic carbocycles. The van der Waals surface area contributed by atoms with E-state index < -0.39 is 11.9 Å². The van der Waals surface area contributed by atoms with E-state index >= 15 is 0 Å². The largest absolute Gasteiger partial charge is 0.478 e. The second-order valence-electron chi connectivity index (χ2n) is 2.80. The van der Waals surface area contributed by atoms with E-state index in [2.05, 4.69) is 5.32 Å². The maximum absolute atomic E-state index is 10.8. The molecule has 6 heteroatoms. The van der Waals surface area contributed by atoms with Gasteiger partial charge in [-0.2, -0.15) is 0 Å². The minimum absolute atomic E-state index is 0.0565. The predicted octanol–water partition coefficient (Wildman–Crippen LogP) is 2.65. The maximum atomic E-state index is 10.8. The van der Waals surface area contributed by atoms with E-state index in [1.165, 1.54) is 19.1 Å². The number of carboxylic acid groups (broad SMARTS) is 1. The van der Waals surface area contributed by atoms with E-state index in [9.17, 15) is 9.59 Å². The Hall–Kier alpha value is -1.26. The number of rotatable bonds is 2. The van der Waals surface area contributed by atoms with Gasteiger partial charge in [0.2, 0.25) is 5.91 Å². The highest BCUT2D eigenvalue weighted by atomic mass is 35.5. The van der Waals surface area contributed by atoms with Gasteiger partial charge in [0, 0.05) is 11.9 Å². The Morgan fingerprint density at radius 2 is 1.93 bits per heavy atom. The van der Waals surface area contributed by atoms with Gasteiger partial charge in [-0.3, -0.25) is 4.79 Å². The Labute approximate surface area is 95.8 Å². The van der Waals surface area contributed by atoms with Crippen LogP contribution in [-0.2, 0) is 4.79 Å². The lowest BCUT2D eigenvalue weighted by atomic mass is 10.2. The molecule has 0 radical (unpaired) electrons. The van der Waals surface area contributed by atoms with Gasteiger partial charge < -0.3 is 10.4 Å². The van der Waals surface area contributed by atoms with Gasteiger partial charge in [0.15, 0.2) is 0 Å². The summed E-state index contributed by atoms with van der Waals surface area (Å²) >= 11 is 11.4. The number of aromatic carboxylic acids is 1. The van der Waals surface area contributed by atoms with E-state index in [0.29, 0.717) is 0 Å². The van der Waals surface area contributed by atoms with Gasteiger partial charge in [-0.25, -0.2) is 4.79 Å². The molecule has 2 N–H and O–H groups in total. The number of nitrogens with one attached hydrogen (secondary N) is 1. The lowest BCUT2D eigenvalue weighted by Gasteiger charge is -2.09. The summed E-state index contributed by atoms with van der Waals surface area (Å²) in [6.07, 6.45) is 0. The predicted molar refractivity (Wildman–Crippen MR) is 57.7 cm³/mol. The van der Waals surface area contributed by atoms with Crippen molar-refractivity contribution in [3.05, 3.63) is 27.7 Å². The van der Waals surface area contributed by atoms with E-state index in [-0.39, 0.29) is 21.3 Å². The molecular weight excluding hydrogens is 241 g/mol. The third kappa shape index (κ3) is 2.84. The Balaban J connectivity index is 3.33. The van der Waals surface area contributed by atoms with Gasteiger partial charge in [0.1, 0.15) is 0 Å². The molecule has 0 bridgehead atoms. The number of anilines is 1. The molecular formula is C9H7Cl2NO3. The molecule has 1 amide bonds. The van der Waals surface area contributed by atoms with Crippen LogP contribution < -0.4 is 5.32 Å². The van der Waals surface area contributed by atoms with Crippen LogP contribution in [-0.4, -0.2) is 17.0 Å². The normalized spacial score (nSPS) is 9.80. The van der Waals surface area contributed by atoms with Crippen molar-refractivity contribution in [2.24, 2.45) is 0 Å². The molecule has 1 rings (SSSR count). The number of carbonyl (C=O) groups is 2. The number of carbonyl (C=O) groups excluding carboxylic acids is 1. The molecule has 4 nitrogen and oxygen atoms in total. The Morgan fingerprint density at radius 3 is 2.40 bits per heavy atom. The lowest BCUT2D eigenvalue weighted by Crippen LogP contribution is -2.11. The second kappa shape index (κ2) is 4.51. The number of benzene rings is 1. The zero-order valence-electron chi connectivity index (χ0n) is 7.67. The third-order valence-corrected chi connectivity index (χ3v) is 2.10. The fourth-order valence-electron chi connectivity index (χ4n) is 1.05. The van der Waals surface area contributed by atoms with Gasteiger partial charge in [-0.15, -0.1) is 0 Å². The van der Waals surface area contributed by atoms with Crippen molar-refractivity contribution < 1.29 is 14.7 Å². The smallest absolute Gasteiger partial charge is 0.337 e. The van der Waals surface area contributed by atoms with Crippen LogP contribution in [0.5, 0.6) is 0 Å². The van der Waals surface area contributed by atoms with Crippen molar-refractivity contribution in [3.8, 4) is 0 Å². The molecule has 15 heavy (non-hydrogen) atoms. The van der Waals surface area contributed by atoms with Crippen molar-refractivity contribution in [3.63, 3.8) is 0 Å². The first-order chi connectivity index (χ1) is 6.91. The van der Waals surface area contributed by atoms with Crippen molar-refractivity contribution in [2.45, 2.75) is 6.92 Å². The first kappa shape index (κ1) is 11.8. The number of hydrogen-bond donors (Lipinski definition) is 2. The first-order valence-electron chi connectivity index (χ1n) is 3.91. The summed E-state index contributed by atoms with van der Waals surface area (Å²) < 4.78 is 0. The van der Waals surface area contributed by atoms with Gasteiger partial charge in [0.25, 0.3) is 0 Å². The molecule has 0 fully saturated rings. The van der Waals surface area contributed by atoms with Crippen molar-refractivity contribution in [2.75, 3.05) is 5.32 Å². The zero-order valence-corrected chi connectivity index (χ0v) is 9.19. The molecule has 0 aliphatic carbocycles. The molecule has 0 aliphatic rings. The molecule has 80 valence electrons. The Morgan fingerprint density at radius 1 is 1.33 bits per heavy atom. The van der Waals surface area contributed by atoms with E-state index in [4.69, 9.17) is 28.3 Å². The zero-order chi connectivity index (χ0) is 11.6. The highest BCUT2D eigenvalue weighted by Gasteiger charge is 2.15. The van der Waals surface area contributed by atoms with Crippen LogP contribution in [0.4, 0.5) is 5.69 Å². The minimum atomic E-state index is -1.21. The monoisotopic (exact) mass is 247 g/mol. The van der Waals surface area contributed by atoms with Crippen LogP contribution in [0.3, 0.4) is 0 Å². The maximum Gasteiger partial charge on any atom is 0.337 e. The fourth-order valence-corrected chi connectivity index (χ4v) is 1.59. The molecule has 0 aliphatic heterocycles. The SMILES string of the molecule is CC(=O)Nc1c(Cl)cc(Cl)cc1C(=O)O.